The molecule has 1 aliphatic carbocycles. The molecule has 1 N–H and O–H groups in total. The fraction of sp³-hybridized carbons (Fsp3) is 0.417. The monoisotopic (exact) mass is 365 g/mol. The Bertz CT molecular complexity index is 630. The van der Waals surface area contributed by atoms with Gasteiger partial charge in [-0.25, -0.2) is 17.5 Å². The van der Waals surface area contributed by atoms with Gasteiger partial charge in [0.2, 0.25) is 10.0 Å². The SMILES string of the molecule is C[C@H](Oc1ccc(Br)cc1F)C(=O)NS(=O)(=O)C1CC1. The number of ether oxygens (including phenoxy) is 1. The molecular weight excluding hydrogens is 353 g/mol. The zero-order valence-corrected chi connectivity index (χ0v) is 13.0. The van der Waals surface area contributed by atoms with Gasteiger partial charge in [0.15, 0.2) is 17.7 Å². The van der Waals surface area contributed by atoms with Crippen molar-refractivity contribution in [2.75, 3.05) is 0 Å². The van der Waals surface area contributed by atoms with Crippen molar-refractivity contribution in [2.45, 2.75) is 31.1 Å². The average Bonchev–Trinajstić information content (AvgIpc) is 3.16. The predicted octanol–water partition coefficient (Wildman–Crippen LogP) is 1.96. The summed E-state index contributed by atoms with van der Waals surface area (Å²) in [6, 6.07) is 4.11. The van der Waals surface area contributed by atoms with Crippen LogP contribution < -0.4 is 9.46 Å². The van der Waals surface area contributed by atoms with E-state index in [0.29, 0.717) is 17.3 Å². The zero-order chi connectivity index (χ0) is 14.9. The van der Waals surface area contributed by atoms with Gasteiger partial charge in [-0.15, -0.1) is 0 Å². The van der Waals surface area contributed by atoms with Crippen LogP contribution in [0, 0.1) is 5.82 Å². The van der Waals surface area contributed by atoms with Crippen LogP contribution in [0.1, 0.15) is 19.8 Å². The van der Waals surface area contributed by atoms with Crippen molar-refractivity contribution in [1.29, 1.82) is 0 Å². The maximum atomic E-state index is 13.5. The summed E-state index contributed by atoms with van der Waals surface area (Å²) in [4.78, 5) is 11.7. The molecule has 20 heavy (non-hydrogen) atoms. The van der Waals surface area contributed by atoms with E-state index in [1.165, 1.54) is 19.1 Å². The van der Waals surface area contributed by atoms with Crippen molar-refractivity contribution in [2.24, 2.45) is 0 Å². The molecule has 1 atom stereocenters. The summed E-state index contributed by atoms with van der Waals surface area (Å²) >= 11 is 3.10. The summed E-state index contributed by atoms with van der Waals surface area (Å²) in [5.41, 5.74) is 0. The Labute approximate surface area is 124 Å². The highest BCUT2D eigenvalue weighted by molar-refractivity contribution is 9.10. The molecule has 2 rings (SSSR count). The number of sulfonamides is 1. The fourth-order valence-electron chi connectivity index (χ4n) is 1.50. The van der Waals surface area contributed by atoms with Gasteiger partial charge < -0.3 is 4.74 Å². The second kappa shape index (κ2) is 5.69. The van der Waals surface area contributed by atoms with E-state index in [2.05, 4.69) is 15.9 Å². The molecule has 1 amide bonds. The van der Waals surface area contributed by atoms with Gasteiger partial charge in [0, 0.05) is 4.47 Å². The maximum absolute atomic E-state index is 13.5. The Kier molecular flexibility index (Phi) is 4.33. The van der Waals surface area contributed by atoms with Crippen molar-refractivity contribution in [3.8, 4) is 5.75 Å². The van der Waals surface area contributed by atoms with Gasteiger partial charge in [0.25, 0.3) is 5.91 Å². The van der Waals surface area contributed by atoms with Crippen molar-refractivity contribution in [3.05, 3.63) is 28.5 Å². The Morgan fingerprint density at radius 2 is 2.15 bits per heavy atom. The van der Waals surface area contributed by atoms with Gasteiger partial charge in [0.1, 0.15) is 0 Å². The maximum Gasteiger partial charge on any atom is 0.274 e. The Morgan fingerprint density at radius 1 is 1.50 bits per heavy atom. The first-order valence-electron chi connectivity index (χ1n) is 5.97. The summed E-state index contributed by atoms with van der Waals surface area (Å²) in [5, 5.41) is -0.497. The molecule has 1 aromatic carbocycles. The third-order valence-corrected chi connectivity index (χ3v) is 5.10. The number of hydrogen-bond acceptors (Lipinski definition) is 4. The summed E-state index contributed by atoms with van der Waals surface area (Å²) in [6.45, 7) is 1.36. The van der Waals surface area contributed by atoms with Crippen LogP contribution in [0.4, 0.5) is 4.39 Å². The fourth-order valence-corrected chi connectivity index (χ4v) is 3.20. The van der Waals surface area contributed by atoms with E-state index in [1.807, 2.05) is 4.72 Å². The van der Waals surface area contributed by atoms with Gasteiger partial charge in [-0.3, -0.25) is 4.79 Å². The topological polar surface area (TPSA) is 72.5 Å². The quantitative estimate of drug-likeness (QED) is 0.865. The van der Waals surface area contributed by atoms with Crippen LogP contribution in [0.3, 0.4) is 0 Å². The molecule has 8 heteroatoms. The molecule has 0 unspecified atom stereocenters. The second-order valence-electron chi connectivity index (χ2n) is 4.55. The summed E-state index contributed by atoms with van der Waals surface area (Å²) in [7, 11) is -3.62. The lowest BCUT2D eigenvalue weighted by Crippen LogP contribution is -2.41. The van der Waals surface area contributed by atoms with Crippen LogP contribution in [0.15, 0.2) is 22.7 Å². The van der Waals surface area contributed by atoms with E-state index in [-0.39, 0.29) is 5.75 Å². The smallest absolute Gasteiger partial charge is 0.274 e. The van der Waals surface area contributed by atoms with Crippen LogP contribution in [0.5, 0.6) is 5.75 Å². The summed E-state index contributed by atoms with van der Waals surface area (Å²) < 4.78 is 44.4. The first-order chi connectivity index (χ1) is 9.29. The van der Waals surface area contributed by atoms with Gasteiger partial charge in [0.05, 0.1) is 5.25 Å². The Balaban J connectivity index is 2.00. The van der Waals surface area contributed by atoms with Crippen LogP contribution in [0.25, 0.3) is 0 Å². The molecule has 1 fully saturated rings. The number of benzene rings is 1. The third-order valence-electron chi connectivity index (χ3n) is 2.77. The third kappa shape index (κ3) is 3.69. The van der Waals surface area contributed by atoms with E-state index in [1.54, 1.807) is 6.07 Å². The second-order valence-corrected chi connectivity index (χ2v) is 7.42. The van der Waals surface area contributed by atoms with E-state index in [9.17, 15) is 17.6 Å². The predicted molar refractivity (Wildman–Crippen MR) is 74.3 cm³/mol. The molecule has 0 aliphatic heterocycles. The van der Waals surface area contributed by atoms with Crippen molar-refractivity contribution >= 4 is 31.9 Å². The highest BCUT2D eigenvalue weighted by Crippen LogP contribution is 2.27. The summed E-state index contributed by atoms with van der Waals surface area (Å²) in [5.74, 6) is -1.55. The zero-order valence-electron chi connectivity index (χ0n) is 10.6. The Morgan fingerprint density at radius 3 is 2.70 bits per heavy atom. The minimum atomic E-state index is -3.62. The van der Waals surface area contributed by atoms with Crippen molar-refractivity contribution in [1.82, 2.24) is 4.72 Å². The molecule has 0 radical (unpaired) electrons. The van der Waals surface area contributed by atoms with Crippen LogP contribution in [-0.4, -0.2) is 25.7 Å². The number of carbonyl (C=O) groups excluding carboxylic acids is 1. The van der Waals surface area contributed by atoms with Gasteiger partial charge >= 0.3 is 0 Å². The van der Waals surface area contributed by atoms with Crippen molar-refractivity contribution in [3.63, 3.8) is 0 Å². The molecule has 110 valence electrons. The van der Waals surface area contributed by atoms with Crippen LogP contribution in [0.2, 0.25) is 0 Å². The van der Waals surface area contributed by atoms with E-state index in [0.717, 1.165) is 0 Å². The van der Waals surface area contributed by atoms with Crippen LogP contribution in [-0.2, 0) is 14.8 Å². The molecule has 1 saturated carbocycles. The lowest BCUT2D eigenvalue weighted by Gasteiger charge is -2.15. The molecular formula is C12H13BrFNO4S. The summed E-state index contributed by atoms with van der Waals surface area (Å²) in [6.07, 6.45) is -0.00234. The van der Waals surface area contributed by atoms with E-state index >= 15 is 0 Å². The lowest BCUT2D eigenvalue weighted by molar-refractivity contribution is -0.125. The first-order valence-corrected chi connectivity index (χ1v) is 8.30. The number of hydrogen-bond donors (Lipinski definition) is 1. The molecule has 0 bridgehead atoms. The minimum Gasteiger partial charge on any atom is -0.478 e. The van der Waals surface area contributed by atoms with Gasteiger partial charge in [-0.1, -0.05) is 15.9 Å². The molecule has 0 aromatic heterocycles. The number of nitrogens with one attached hydrogen (secondary N) is 1. The number of carbonyl (C=O) groups is 1. The van der Waals surface area contributed by atoms with E-state index < -0.39 is 33.1 Å². The minimum absolute atomic E-state index is 0.111. The van der Waals surface area contributed by atoms with Crippen LogP contribution >= 0.6 is 15.9 Å². The standard InChI is InChI=1S/C12H13BrFNO4S/c1-7(12(16)15-20(17,18)9-3-4-9)19-11-5-2-8(13)6-10(11)14/h2,5-7,9H,3-4H2,1H3,(H,15,16)/t7-/m0/s1. The molecule has 1 aliphatic rings. The average molecular weight is 366 g/mol. The van der Waals surface area contributed by atoms with Crippen molar-refractivity contribution < 1.29 is 22.3 Å². The molecule has 1 aromatic rings. The number of rotatable bonds is 5. The molecule has 0 saturated heterocycles. The number of halogens is 2. The highest BCUT2D eigenvalue weighted by atomic mass is 79.9. The number of amides is 1. The molecule has 5 nitrogen and oxygen atoms in total. The normalized spacial score (nSPS) is 16.6. The molecule has 0 heterocycles. The van der Waals surface area contributed by atoms with Gasteiger partial charge in [-0.05, 0) is 38.0 Å². The van der Waals surface area contributed by atoms with Gasteiger partial charge in [-0.2, -0.15) is 0 Å². The largest absolute Gasteiger partial charge is 0.478 e. The lowest BCUT2D eigenvalue weighted by atomic mass is 10.3. The van der Waals surface area contributed by atoms with E-state index in [4.69, 9.17) is 4.74 Å². The first kappa shape index (κ1) is 15.2. The highest BCUT2D eigenvalue weighted by Gasteiger charge is 2.37. The Hall–Kier alpha value is -1.15. The molecule has 0 spiro atoms.